The van der Waals surface area contributed by atoms with Crippen molar-refractivity contribution in [2.75, 3.05) is 27.7 Å². The number of rotatable bonds is 8. The lowest BCUT2D eigenvalue weighted by Crippen LogP contribution is -2.60. The molecule has 0 radical (unpaired) electrons. The topological polar surface area (TPSA) is 185 Å². The van der Waals surface area contributed by atoms with E-state index in [2.05, 4.69) is 27.1 Å². The van der Waals surface area contributed by atoms with Crippen LogP contribution in [0.25, 0.3) is 11.4 Å². The van der Waals surface area contributed by atoms with E-state index in [1.54, 1.807) is 58.6 Å². The van der Waals surface area contributed by atoms with Gasteiger partial charge >= 0.3 is 12.1 Å². The van der Waals surface area contributed by atoms with Gasteiger partial charge in [0.1, 0.15) is 36.1 Å². The second kappa shape index (κ2) is 18.3. The van der Waals surface area contributed by atoms with Crippen LogP contribution in [0.3, 0.4) is 0 Å². The van der Waals surface area contributed by atoms with Crippen molar-refractivity contribution in [3.8, 4) is 23.2 Å². The second-order valence-electron chi connectivity index (χ2n) is 16.7. The number of amides is 1. The van der Waals surface area contributed by atoms with Gasteiger partial charge in [-0.05, 0) is 73.2 Å². The maximum Gasteiger partial charge on any atom is 0.411 e. The van der Waals surface area contributed by atoms with Crippen molar-refractivity contribution in [1.82, 2.24) is 29.8 Å². The minimum Gasteiger partial charge on any atom is -0.458 e. The van der Waals surface area contributed by atoms with E-state index in [4.69, 9.17) is 23.7 Å². The average molecular weight is 809 g/mol. The summed E-state index contributed by atoms with van der Waals surface area (Å²) >= 11 is 0. The van der Waals surface area contributed by atoms with Crippen LogP contribution in [0, 0.1) is 35.5 Å². The van der Waals surface area contributed by atoms with Crippen LogP contribution in [-0.4, -0.2) is 140 Å². The van der Waals surface area contributed by atoms with Crippen LogP contribution < -0.4 is 0 Å². The molecule has 3 unspecified atom stereocenters. The predicted octanol–water partition coefficient (Wildman–Crippen LogP) is 3.55. The van der Waals surface area contributed by atoms with Crippen molar-refractivity contribution in [3.63, 3.8) is 0 Å². The van der Waals surface area contributed by atoms with E-state index >= 15 is 0 Å². The Morgan fingerprint density at radius 3 is 2.34 bits per heavy atom. The van der Waals surface area contributed by atoms with Crippen LogP contribution in [0.15, 0.2) is 30.6 Å². The highest BCUT2D eigenvalue weighted by atomic mass is 16.7. The molecule has 58 heavy (non-hydrogen) atoms. The lowest BCUT2D eigenvalue weighted by Gasteiger charge is -2.47. The third kappa shape index (κ3) is 9.13. The first-order valence-electron chi connectivity index (χ1n) is 20.1. The molecule has 1 N–H and O–H groups in total. The van der Waals surface area contributed by atoms with Gasteiger partial charge in [-0.15, -0.1) is 5.10 Å². The number of aliphatic hydroxyl groups excluding tert-OH is 1. The number of hydrogen-bond acceptors (Lipinski definition) is 14. The van der Waals surface area contributed by atoms with E-state index in [9.17, 15) is 24.3 Å². The molecule has 0 spiro atoms. The number of aliphatic hydroxyl groups is 1. The number of ketones is 2. The molecule has 16 heteroatoms. The Morgan fingerprint density at radius 1 is 1.00 bits per heavy atom. The highest BCUT2D eigenvalue weighted by molar-refractivity contribution is 6.00. The lowest BCUT2D eigenvalue weighted by molar-refractivity contribution is -0.295. The normalized spacial score (nSPS) is 36.4. The monoisotopic (exact) mass is 808 g/mol. The number of carbonyl (C=O) groups is 4. The number of methoxy groups -OCH3 is 1. The van der Waals surface area contributed by atoms with Gasteiger partial charge in [0.25, 0.3) is 0 Å². The number of likely N-dealkylation sites (N-methyl/N-ethyl adjacent to an activating group) is 1. The number of Topliss-reactive ketones (excluding diaryl/α,β-unsaturated/α-hetero) is 2. The fourth-order valence-electron chi connectivity index (χ4n) is 8.93. The Bertz CT molecular complexity index is 1850. The number of ether oxygens (including phenoxy) is 5. The third-order valence-corrected chi connectivity index (χ3v) is 12.2. The molecule has 0 aromatic carbocycles. The molecule has 5 heterocycles. The van der Waals surface area contributed by atoms with Gasteiger partial charge in [0.15, 0.2) is 17.7 Å². The van der Waals surface area contributed by atoms with Crippen LogP contribution in [0.5, 0.6) is 0 Å². The van der Waals surface area contributed by atoms with Crippen LogP contribution >= 0.6 is 0 Å². The van der Waals surface area contributed by atoms with Crippen molar-refractivity contribution in [1.29, 1.82) is 0 Å². The zero-order valence-corrected chi connectivity index (χ0v) is 35.6. The molecular formula is C42H60N6O10. The molecule has 3 aliphatic heterocycles. The molecule has 16 nitrogen and oxygen atoms in total. The molecule has 3 aliphatic rings. The zero-order valence-electron chi connectivity index (χ0n) is 35.6. The number of aromatic nitrogens is 4. The van der Waals surface area contributed by atoms with Crippen molar-refractivity contribution in [3.05, 3.63) is 30.6 Å². The quantitative estimate of drug-likeness (QED) is 0.232. The minimum atomic E-state index is -1.48. The van der Waals surface area contributed by atoms with E-state index < -0.39 is 83.4 Å². The molecule has 5 rings (SSSR count). The van der Waals surface area contributed by atoms with Gasteiger partial charge in [-0.3, -0.25) is 24.3 Å². The maximum absolute atomic E-state index is 14.7. The van der Waals surface area contributed by atoms with Crippen molar-refractivity contribution < 1.29 is 48.0 Å². The fraction of sp³-hybridized carbons (Fsp3) is 0.690. The highest BCUT2D eigenvalue weighted by Gasteiger charge is 2.60. The van der Waals surface area contributed by atoms with Crippen LogP contribution in [0.2, 0.25) is 0 Å². The largest absolute Gasteiger partial charge is 0.458 e. The van der Waals surface area contributed by atoms with Gasteiger partial charge in [0, 0.05) is 37.1 Å². The minimum absolute atomic E-state index is 0.0918. The molecule has 0 aliphatic carbocycles. The molecule has 2 aromatic heterocycles. The van der Waals surface area contributed by atoms with Gasteiger partial charge in [-0.1, -0.05) is 50.8 Å². The van der Waals surface area contributed by atoms with E-state index in [0.717, 1.165) is 0 Å². The first-order valence-corrected chi connectivity index (χ1v) is 20.1. The summed E-state index contributed by atoms with van der Waals surface area (Å²) in [7, 11) is 5.20. The van der Waals surface area contributed by atoms with Crippen LogP contribution in [0.4, 0.5) is 4.79 Å². The van der Waals surface area contributed by atoms with E-state index in [1.165, 1.54) is 18.9 Å². The number of pyridine rings is 1. The van der Waals surface area contributed by atoms with Gasteiger partial charge in [0.05, 0.1) is 42.3 Å². The number of hydrogen-bond donors (Lipinski definition) is 1. The number of nitrogens with zero attached hydrogens (tertiary/aromatic N) is 6. The van der Waals surface area contributed by atoms with E-state index in [1.807, 2.05) is 44.1 Å². The summed E-state index contributed by atoms with van der Waals surface area (Å²) in [6.45, 7) is 13.8. The Balaban J connectivity index is 1.47. The van der Waals surface area contributed by atoms with Gasteiger partial charge < -0.3 is 33.7 Å². The third-order valence-electron chi connectivity index (χ3n) is 12.2. The Hall–Kier alpha value is -4.27. The predicted molar refractivity (Wildman–Crippen MR) is 211 cm³/mol. The van der Waals surface area contributed by atoms with Gasteiger partial charge in [-0.25, -0.2) is 9.48 Å². The SMILES string of the molecule is CC[C@H]1OC(=O)[C@H](C)C(=O)[C@H](C)[C@@H](O[C@@H]2OC(C)CC(N(C)C)C2O)[C@](C)(OC)C[C@@H](C)C(=O)[C@H](C)[C@H]2N(CC#CCn3cc(-c4ccccn4)nn3)C(=O)O[C@]12C. The number of fused-ring (bicyclic) bond motifs is 1. The second-order valence-corrected chi connectivity index (χ2v) is 16.7. The standard InChI is InChI=1S/C42H60N6O10/c1-12-32-42(8)36(48(40(53)58-42)20-16-15-19-47-23-30(44-45-47)29-17-13-14-18-43-29)26(4)33(49)24(2)22-41(7,54-11)37(27(5)34(50)28(6)38(52)56-32)57-39-35(51)31(46(9)10)21-25(3)55-39/h13-14,17-18,23-28,31-32,35-37,39,51H,12,19-22H2,1-11H3/t24-,25?,26+,27+,28-,31?,32-,35?,36-,37-,39+,41-,42-/m1/s1. The summed E-state index contributed by atoms with van der Waals surface area (Å²) in [5.41, 5.74) is -1.52. The highest BCUT2D eigenvalue weighted by Crippen LogP contribution is 2.43. The van der Waals surface area contributed by atoms with E-state index in [0.29, 0.717) is 17.8 Å². The van der Waals surface area contributed by atoms with Crippen LogP contribution in [0.1, 0.15) is 74.7 Å². The molecule has 0 bridgehead atoms. The zero-order chi connectivity index (χ0) is 42.7. The maximum atomic E-state index is 14.7. The first-order chi connectivity index (χ1) is 27.4. The molecule has 13 atom stereocenters. The number of carbonyl (C=O) groups excluding carboxylic acids is 4. The summed E-state index contributed by atoms with van der Waals surface area (Å²) < 4.78 is 32.6. The Morgan fingerprint density at radius 2 is 1.71 bits per heavy atom. The van der Waals surface area contributed by atoms with Gasteiger partial charge in [-0.2, -0.15) is 0 Å². The van der Waals surface area contributed by atoms with Gasteiger partial charge in [0.2, 0.25) is 0 Å². The van der Waals surface area contributed by atoms with E-state index in [-0.39, 0.29) is 43.9 Å². The van der Waals surface area contributed by atoms with Crippen LogP contribution in [-0.2, 0) is 44.6 Å². The molecule has 3 saturated heterocycles. The number of esters is 1. The summed E-state index contributed by atoms with van der Waals surface area (Å²) in [6, 6.07) is 4.29. The molecule has 0 saturated carbocycles. The molecule has 1 amide bonds. The summed E-state index contributed by atoms with van der Waals surface area (Å²) in [5, 5.41) is 19.7. The smallest absolute Gasteiger partial charge is 0.411 e. The van der Waals surface area contributed by atoms with Crippen molar-refractivity contribution >= 4 is 23.6 Å². The average Bonchev–Trinajstić information content (AvgIpc) is 3.78. The summed E-state index contributed by atoms with van der Waals surface area (Å²) in [4.78, 5) is 64.3. The Kier molecular flexibility index (Phi) is 14.2. The molecular weight excluding hydrogens is 748 g/mol. The first kappa shape index (κ1) is 44.8. The molecule has 318 valence electrons. The Labute approximate surface area is 341 Å². The summed E-state index contributed by atoms with van der Waals surface area (Å²) in [6.07, 6.45) is -1.01. The molecule has 2 aromatic rings. The fourth-order valence-corrected chi connectivity index (χ4v) is 8.93. The van der Waals surface area contributed by atoms with Crippen molar-refractivity contribution in [2.45, 2.75) is 135 Å². The summed E-state index contributed by atoms with van der Waals surface area (Å²) in [5.74, 6) is 0.822. The molecule has 3 fully saturated rings. The lowest BCUT2D eigenvalue weighted by atomic mass is 9.73. The number of cyclic esters (lactones) is 1. The van der Waals surface area contributed by atoms with Crippen molar-refractivity contribution in [2.24, 2.45) is 23.7 Å².